The van der Waals surface area contributed by atoms with Gasteiger partial charge in [0, 0.05) is 31.2 Å². The van der Waals surface area contributed by atoms with Crippen LogP contribution in [0.15, 0.2) is 36.5 Å². The van der Waals surface area contributed by atoms with Crippen LogP contribution in [0.3, 0.4) is 0 Å². The van der Waals surface area contributed by atoms with E-state index in [9.17, 15) is 4.79 Å². The highest BCUT2D eigenvalue weighted by Crippen LogP contribution is 2.23. The number of amides is 2. The van der Waals surface area contributed by atoms with Crippen LogP contribution >= 0.6 is 0 Å². The van der Waals surface area contributed by atoms with Crippen molar-refractivity contribution < 1.29 is 9.53 Å². The predicted molar refractivity (Wildman–Crippen MR) is 112 cm³/mol. The summed E-state index contributed by atoms with van der Waals surface area (Å²) in [5.74, 6) is 1.25. The van der Waals surface area contributed by atoms with Gasteiger partial charge in [-0.15, -0.1) is 0 Å². The van der Waals surface area contributed by atoms with Crippen molar-refractivity contribution in [2.45, 2.75) is 52.6 Å². The van der Waals surface area contributed by atoms with Crippen LogP contribution in [-0.4, -0.2) is 41.1 Å². The van der Waals surface area contributed by atoms with E-state index < -0.39 is 0 Å². The molecule has 1 aliphatic heterocycles. The SMILES string of the molecule is Cc1ccc(Oc2ccc(NC(=O)NC3CCN(C(C)C)CC3)cn2)cc1C. The van der Waals surface area contributed by atoms with Crippen LogP contribution in [0, 0.1) is 13.8 Å². The minimum Gasteiger partial charge on any atom is -0.439 e. The Morgan fingerprint density at radius 2 is 1.89 bits per heavy atom. The van der Waals surface area contributed by atoms with Gasteiger partial charge >= 0.3 is 6.03 Å². The van der Waals surface area contributed by atoms with Gasteiger partial charge in [-0.3, -0.25) is 0 Å². The van der Waals surface area contributed by atoms with Crippen molar-refractivity contribution in [1.82, 2.24) is 15.2 Å². The first-order valence-electron chi connectivity index (χ1n) is 9.93. The molecule has 28 heavy (non-hydrogen) atoms. The lowest BCUT2D eigenvalue weighted by molar-refractivity contribution is 0.163. The van der Waals surface area contributed by atoms with Crippen molar-refractivity contribution in [3.8, 4) is 11.6 Å². The predicted octanol–water partition coefficient (Wildman–Crippen LogP) is 4.49. The Bertz CT molecular complexity index is 797. The molecule has 2 aromatic rings. The minimum absolute atomic E-state index is 0.187. The number of aryl methyl sites for hydroxylation is 2. The zero-order chi connectivity index (χ0) is 20.1. The van der Waals surface area contributed by atoms with Crippen molar-refractivity contribution in [3.63, 3.8) is 0 Å². The highest BCUT2D eigenvalue weighted by Gasteiger charge is 2.22. The third kappa shape index (κ3) is 5.45. The number of rotatable bonds is 5. The van der Waals surface area contributed by atoms with E-state index in [1.807, 2.05) is 25.1 Å². The number of hydrogen-bond donors (Lipinski definition) is 2. The van der Waals surface area contributed by atoms with Gasteiger partial charge < -0.3 is 20.3 Å². The first-order chi connectivity index (χ1) is 13.4. The number of ether oxygens (including phenoxy) is 1. The summed E-state index contributed by atoms with van der Waals surface area (Å²) in [5.41, 5.74) is 3.04. The van der Waals surface area contributed by atoms with Gasteiger partial charge in [-0.25, -0.2) is 9.78 Å². The molecule has 1 saturated heterocycles. The summed E-state index contributed by atoms with van der Waals surface area (Å²) in [6.45, 7) is 10.6. The van der Waals surface area contributed by atoms with E-state index in [4.69, 9.17) is 4.74 Å². The lowest BCUT2D eigenvalue weighted by Gasteiger charge is -2.34. The van der Waals surface area contributed by atoms with Crippen LogP contribution in [0.4, 0.5) is 10.5 Å². The van der Waals surface area contributed by atoms with Crippen molar-refractivity contribution in [1.29, 1.82) is 0 Å². The number of likely N-dealkylation sites (tertiary alicyclic amines) is 1. The fourth-order valence-electron chi connectivity index (χ4n) is 3.33. The molecule has 0 unspecified atom stereocenters. The molecule has 0 bridgehead atoms. The molecule has 0 atom stereocenters. The normalized spacial score (nSPS) is 15.5. The van der Waals surface area contributed by atoms with Gasteiger partial charge in [-0.05, 0) is 69.9 Å². The molecule has 6 heteroatoms. The summed E-state index contributed by atoms with van der Waals surface area (Å²) in [6.07, 6.45) is 3.57. The number of piperidine rings is 1. The Hall–Kier alpha value is -2.60. The maximum Gasteiger partial charge on any atom is 0.319 e. The highest BCUT2D eigenvalue weighted by molar-refractivity contribution is 5.89. The maximum absolute atomic E-state index is 12.2. The van der Waals surface area contributed by atoms with E-state index in [1.165, 1.54) is 11.1 Å². The Labute approximate surface area is 167 Å². The van der Waals surface area contributed by atoms with E-state index in [0.29, 0.717) is 17.6 Å². The van der Waals surface area contributed by atoms with E-state index in [1.54, 1.807) is 18.3 Å². The number of hydrogen-bond acceptors (Lipinski definition) is 4. The molecule has 1 aliphatic rings. The molecule has 0 radical (unpaired) electrons. The molecule has 6 nitrogen and oxygen atoms in total. The molecule has 2 heterocycles. The number of nitrogens with one attached hydrogen (secondary N) is 2. The summed E-state index contributed by atoms with van der Waals surface area (Å²) in [7, 11) is 0. The summed E-state index contributed by atoms with van der Waals surface area (Å²) in [4.78, 5) is 19.0. The first-order valence-corrected chi connectivity index (χ1v) is 9.93. The number of nitrogens with zero attached hydrogens (tertiary/aromatic N) is 2. The van der Waals surface area contributed by atoms with Gasteiger partial charge in [0.25, 0.3) is 0 Å². The van der Waals surface area contributed by atoms with Crippen molar-refractivity contribution in [2.75, 3.05) is 18.4 Å². The number of aromatic nitrogens is 1. The second-order valence-corrected chi connectivity index (χ2v) is 7.74. The number of pyridine rings is 1. The molecule has 1 aromatic heterocycles. The lowest BCUT2D eigenvalue weighted by atomic mass is 10.0. The van der Waals surface area contributed by atoms with Crippen molar-refractivity contribution >= 4 is 11.7 Å². The Kier molecular flexibility index (Phi) is 6.52. The van der Waals surface area contributed by atoms with E-state index in [2.05, 4.69) is 41.3 Å². The smallest absolute Gasteiger partial charge is 0.319 e. The van der Waals surface area contributed by atoms with Gasteiger partial charge in [0.15, 0.2) is 0 Å². The quantitative estimate of drug-likeness (QED) is 0.800. The molecule has 2 N–H and O–H groups in total. The summed E-state index contributed by atoms with van der Waals surface area (Å²) in [6, 6.07) is 10.1. The molecule has 0 saturated carbocycles. The standard InChI is InChI=1S/C22H30N4O2/c1-15(2)26-11-9-18(10-12-26)24-22(27)25-19-6-8-21(23-14-19)28-20-7-5-16(3)17(4)13-20/h5-8,13-15,18H,9-12H2,1-4H3,(H2,24,25,27). The molecular weight excluding hydrogens is 352 g/mol. The van der Waals surface area contributed by atoms with Gasteiger partial charge in [-0.1, -0.05) is 6.07 Å². The van der Waals surface area contributed by atoms with E-state index in [0.717, 1.165) is 31.7 Å². The number of anilines is 1. The van der Waals surface area contributed by atoms with Crippen molar-refractivity contribution in [3.05, 3.63) is 47.7 Å². The van der Waals surface area contributed by atoms with Crippen LogP contribution in [-0.2, 0) is 0 Å². The Morgan fingerprint density at radius 3 is 2.50 bits per heavy atom. The van der Waals surface area contributed by atoms with Gasteiger partial charge in [0.05, 0.1) is 11.9 Å². The number of benzene rings is 1. The molecule has 0 spiro atoms. The molecule has 1 aromatic carbocycles. The minimum atomic E-state index is -0.187. The van der Waals surface area contributed by atoms with Gasteiger partial charge in [-0.2, -0.15) is 0 Å². The van der Waals surface area contributed by atoms with Crippen LogP contribution in [0.2, 0.25) is 0 Å². The maximum atomic E-state index is 12.2. The summed E-state index contributed by atoms with van der Waals surface area (Å²) >= 11 is 0. The summed E-state index contributed by atoms with van der Waals surface area (Å²) in [5, 5.41) is 5.91. The van der Waals surface area contributed by atoms with Crippen LogP contribution in [0.1, 0.15) is 37.8 Å². The number of carbonyl (C=O) groups is 1. The number of urea groups is 1. The average Bonchev–Trinajstić information content (AvgIpc) is 2.67. The second kappa shape index (κ2) is 9.06. The van der Waals surface area contributed by atoms with Crippen molar-refractivity contribution in [2.24, 2.45) is 0 Å². The Balaban J connectivity index is 1.48. The fraction of sp³-hybridized carbons (Fsp3) is 0.455. The van der Waals surface area contributed by atoms with Gasteiger partial charge in [0.2, 0.25) is 5.88 Å². The Morgan fingerprint density at radius 1 is 1.14 bits per heavy atom. The van der Waals surface area contributed by atoms with Crippen LogP contribution in [0.25, 0.3) is 0 Å². The van der Waals surface area contributed by atoms with Crippen LogP contribution in [0.5, 0.6) is 11.6 Å². The number of carbonyl (C=O) groups excluding carboxylic acids is 1. The van der Waals surface area contributed by atoms with E-state index >= 15 is 0 Å². The first kappa shape index (κ1) is 20.1. The second-order valence-electron chi connectivity index (χ2n) is 7.74. The highest BCUT2D eigenvalue weighted by atomic mass is 16.5. The molecule has 0 aliphatic carbocycles. The monoisotopic (exact) mass is 382 g/mol. The zero-order valence-electron chi connectivity index (χ0n) is 17.2. The molecule has 2 amide bonds. The topological polar surface area (TPSA) is 66.5 Å². The fourth-order valence-corrected chi connectivity index (χ4v) is 3.33. The van der Waals surface area contributed by atoms with E-state index in [-0.39, 0.29) is 12.1 Å². The average molecular weight is 383 g/mol. The zero-order valence-corrected chi connectivity index (χ0v) is 17.2. The third-order valence-electron chi connectivity index (χ3n) is 5.29. The van der Waals surface area contributed by atoms with Crippen LogP contribution < -0.4 is 15.4 Å². The molecule has 150 valence electrons. The van der Waals surface area contributed by atoms with Gasteiger partial charge in [0.1, 0.15) is 5.75 Å². The molecular formula is C22H30N4O2. The molecule has 3 rings (SSSR count). The largest absolute Gasteiger partial charge is 0.439 e. The summed E-state index contributed by atoms with van der Waals surface area (Å²) < 4.78 is 5.78. The third-order valence-corrected chi connectivity index (χ3v) is 5.29. The molecule has 1 fully saturated rings. The lowest BCUT2D eigenvalue weighted by Crippen LogP contribution is -2.47.